The van der Waals surface area contributed by atoms with Gasteiger partial charge in [0.15, 0.2) is 0 Å². The third kappa shape index (κ3) is 5.38. The predicted molar refractivity (Wildman–Crippen MR) is 119 cm³/mol. The number of aryl methyl sites for hydroxylation is 2. The molecule has 160 valence electrons. The van der Waals surface area contributed by atoms with E-state index >= 15 is 0 Å². The van der Waals surface area contributed by atoms with Crippen molar-refractivity contribution in [3.63, 3.8) is 0 Å². The number of hydrogen-bond acceptors (Lipinski definition) is 4. The molecule has 0 saturated heterocycles. The number of anilines is 1. The van der Waals surface area contributed by atoms with Gasteiger partial charge in [0.25, 0.3) is 10.0 Å². The second-order valence-electron chi connectivity index (χ2n) is 7.02. The van der Waals surface area contributed by atoms with E-state index < -0.39 is 16.0 Å². The third-order valence-corrected chi connectivity index (χ3v) is 6.62. The summed E-state index contributed by atoms with van der Waals surface area (Å²) in [5.74, 6) is -0.688. The molecule has 3 rings (SSSR count). The van der Waals surface area contributed by atoms with E-state index in [4.69, 9.17) is 4.74 Å². The zero-order chi connectivity index (χ0) is 22.6. The molecule has 0 saturated carbocycles. The van der Waals surface area contributed by atoms with Crippen LogP contribution in [0.25, 0.3) is 6.08 Å². The van der Waals surface area contributed by atoms with Crippen LogP contribution in [0.4, 0.5) is 10.1 Å². The average molecular weight is 440 g/mol. The monoisotopic (exact) mass is 439 g/mol. The molecule has 0 heterocycles. The van der Waals surface area contributed by atoms with E-state index in [-0.39, 0.29) is 16.5 Å². The molecule has 0 aliphatic rings. The number of carbonyl (C=O) groups is 1. The first-order valence-electron chi connectivity index (χ1n) is 9.48. The Labute approximate surface area is 181 Å². The van der Waals surface area contributed by atoms with Crippen molar-refractivity contribution in [3.8, 4) is 5.75 Å². The Kier molecular flexibility index (Phi) is 6.56. The minimum Gasteiger partial charge on any atom is -0.423 e. The zero-order valence-corrected chi connectivity index (χ0v) is 18.2. The second kappa shape index (κ2) is 9.14. The Balaban J connectivity index is 1.69. The first-order valence-corrected chi connectivity index (χ1v) is 10.9. The highest BCUT2D eigenvalue weighted by Gasteiger charge is 2.21. The second-order valence-corrected chi connectivity index (χ2v) is 8.99. The molecule has 0 amide bonds. The van der Waals surface area contributed by atoms with Gasteiger partial charge in [0.1, 0.15) is 11.6 Å². The van der Waals surface area contributed by atoms with Gasteiger partial charge in [-0.25, -0.2) is 17.6 Å². The van der Waals surface area contributed by atoms with Crippen LogP contribution in [0.1, 0.15) is 16.7 Å². The molecule has 0 radical (unpaired) electrons. The number of halogens is 1. The Morgan fingerprint density at radius 3 is 2.19 bits per heavy atom. The van der Waals surface area contributed by atoms with Crippen molar-refractivity contribution in [2.24, 2.45) is 0 Å². The first-order chi connectivity index (χ1) is 14.7. The van der Waals surface area contributed by atoms with Gasteiger partial charge in [0, 0.05) is 13.1 Å². The lowest BCUT2D eigenvalue weighted by Crippen LogP contribution is -2.26. The Bertz CT molecular complexity index is 1220. The van der Waals surface area contributed by atoms with Gasteiger partial charge in [-0.1, -0.05) is 18.2 Å². The van der Waals surface area contributed by atoms with Crippen LogP contribution >= 0.6 is 0 Å². The zero-order valence-electron chi connectivity index (χ0n) is 17.4. The molecule has 0 aliphatic heterocycles. The predicted octanol–water partition coefficient (Wildman–Crippen LogP) is 4.89. The molecule has 0 unspecified atom stereocenters. The van der Waals surface area contributed by atoms with Crippen molar-refractivity contribution in [2.45, 2.75) is 18.7 Å². The number of carbonyl (C=O) groups excluding carboxylic acids is 1. The molecule has 0 atom stereocenters. The molecule has 0 bridgehead atoms. The summed E-state index contributed by atoms with van der Waals surface area (Å²) in [7, 11) is -2.25. The van der Waals surface area contributed by atoms with E-state index in [1.54, 1.807) is 42.5 Å². The smallest absolute Gasteiger partial charge is 0.336 e. The van der Waals surface area contributed by atoms with Gasteiger partial charge in [0.05, 0.1) is 10.6 Å². The van der Waals surface area contributed by atoms with Gasteiger partial charge in [0.2, 0.25) is 0 Å². The van der Waals surface area contributed by atoms with Crippen molar-refractivity contribution >= 4 is 27.8 Å². The molecule has 5 nitrogen and oxygen atoms in total. The Morgan fingerprint density at radius 2 is 1.58 bits per heavy atom. The van der Waals surface area contributed by atoms with Crippen LogP contribution in [0, 0.1) is 19.7 Å². The van der Waals surface area contributed by atoms with Crippen LogP contribution in [-0.4, -0.2) is 21.4 Å². The van der Waals surface area contributed by atoms with E-state index in [1.807, 2.05) is 13.8 Å². The van der Waals surface area contributed by atoms with E-state index in [2.05, 4.69) is 0 Å². The highest BCUT2D eigenvalue weighted by atomic mass is 32.2. The quantitative estimate of drug-likeness (QED) is 0.312. The van der Waals surface area contributed by atoms with E-state index in [0.717, 1.165) is 11.1 Å². The van der Waals surface area contributed by atoms with E-state index in [0.29, 0.717) is 11.3 Å². The van der Waals surface area contributed by atoms with Crippen molar-refractivity contribution in [1.29, 1.82) is 0 Å². The molecule has 7 heteroatoms. The number of benzene rings is 3. The molecule has 31 heavy (non-hydrogen) atoms. The number of nitrogens with zero attached hydrogens (tertiary/aromatic N) is 1. The highest BCUT2D eigenvalue weighted by molar-refractivity contribution is 7.92. The molecule has 0 aromatic heterocycles. The van der Waals surface area contributed by atoms with E-state index in [1.165, 1.54) is 47.8 Å². The normalized spacial score (nSPS) is 11.5. The van der Waals surface area contributed by atoms with Gasteiger partial charge in [-0.05, 0) is 85.1 Å². The summed E-state index contributed by atoms with van der Waals surface area (Å²) < 4.78 is 45.1. The molecule has 3 aromatic carbocycles. The molecule has 0 N–H and O–H groups in total. The van der Waals surface area contributed by atoms with Crippen LogP contribution in [0.5, 0.6) is 5.75 Å². The fraction of sp³-hybridized carbons (Fsp3) is 0.125. The van der Waals surface area contributed by atoms with Gasteiger partial charge in [-0.2, -0.15) is 0 Å². The lowest BCUT2D eigenvalue weighted by atomic mass is 10.1. The van der Waals surface area contributed by atoms with Gasteiger partial charge >= 0.3 is 5.97 Å². The molecular formula is C24H22FNO4S. The minimum atomic E-state index is -3.72. The van der Waals surface area contributed by atoms with Crippen molar-refractivity contribution in [1.82, 2.24) is 0 Å². The van der Waals surface area contributed by atoms with Crippen molar-refractivity contribution in [3.05, 3.63) is 95.3 Å². The summed E-state index contributed by atoms with van der Waals surface area (Å²) >= 11 is 0. The minimum absolute atomic E-state index is 0.208. The molecular weight excluding hydrogens is 417 g/mol. The maximum atomic E-state index is 12.9. The summed E-state index contributed by atoms with van der Waals surface area (Å²) in [6.45, 7) is 3.78. The summed E-state index contributed by atoms with van der Waals surface area (Å²) in [5.41, 5.74) is 3.00. The van der Waals surface area contributed by atoms with Gasteiger partial charge in [-0.3, -0.25) is 4.31 Å². The van der Waals surface area contributed by atoms with Gasteiger partial charge in [-0.15, -0.1) is 0 Å². The number of sulfonamides is 1. The van der Waals surface area contributed by atoms with Crippen molar-refractivity contribution < 1.29 is 22.3 Å². The number of esters is 1. The number of ether oxygens (including phenoxy) is 1. The van der Waals surface area contributed by atoms with Gasteiger partial charge < -0.3 is 4.74 Å². The van der Waals surface area contributed by atoms with Crippen LogP contribution in [-0.2, 0) is 14.8 Å². The van der Waals surface area contributed by atoms with Crippen LogP contribution in [0.2, 0.25) is 0 Å². The highest BCUT2D eigenvalue weighted by Crippen LogP contribution is 2.25. The van der Waals surface area contributed by atoms with Crippen molar-refractivity contribution in [2.75, 3.05) is 11.4 Å². The van der Waals surface area contributed by atoms with E-state index in [9.17, 15) is 17.6 Å². The molecule has 3 aromatic rings. The maximum absolute atomic E-state index is 12.9. The SMILES string of the molecule is Cc1ccc(S(=O)(=O)N(C)c2ccc(OC(=O)/C=C/c3ccc(F)cc3)cc2)cc1C. The summed E-state index contributed by atoms with van der Waals surface area (Å²) in [6, 6.07) is 16.8. The number of hydrogen-bond donors (Lipinski definition) is 0. The lowest BCUT2D eigenvalue weighted by Gasteiger charge is -2.20. The lowest BCUT2D eigenvalue weighted by molar-refractivity contribution is -0.128. The Hall–Kier alpha value is -3.45. The van der Waals surface area contributed by atoms with Crippen LogP contribution in [0.15, 0.2) is 77.7 Å². The fourth-order valence-electron chi connectivity index (χ4n) is 2.78. The summed E-state index contributed by atoms with van der Waals surface area (Å²) in [6.07, 6.45) is 2.75. The topological polar surface area (TPSA) is 63.7 Å². The molecule has 0 spiro atoms. The third-order valence-electron chi connectivity index (χ3n) is 4.84. The fourth-order valence-corrected chi connectivity index (χ4v) is 4.06. The van der Waals surface area contributed by atoms with Crippen LogP contribution in [0.3, 0.4) is 0 Å². The molecule has 0 fully saturated rings. The summed E-state index contributed by atoms with van der Waals surface area (Å²) in [4.78, 5) is 12.2. The molecule has 0 aliphatic carbocycles. The standard InChI is InChI=1S/C24H22FNO4S/c1-17-4-14-23(16-18(17)2)31(28,29)26(3)21-10-12-22(13-11-21)30-24(27)15-7-19-5-8-20(25)9-6-19/h4-16H,1-3H3/b15-7+. The Morgan fingerprint density at radius 1 is 0.935 bits per heavy atom. The summed E-state index contributed by atoms with van der Waals surface area (Å²) in [5, 5.41) is 0. The first kappa shape index (κ1) is 22.2. The largest absolute Gasteiger partial charge is 0.423 e. The number of rotatable bonds is 6. The average Bonchev–Trinajstić information content (AvgIpc) is 2.75. The maximum Gasteiger partial charge on any atom is 0.336 e. The van der Waals surface area contributed by atoms with Crippen LogP contribution < -0.4 is 9.04 Å².